The van der Waals surface area contributed by atoms with Crippen molar-refractivity contribution in [3.63, 3.8) is 0 Å². The van der Waals surface area contributed by atoms with Gasteiger partial charge in [-0.15, -0.1) is 0 Å². The van der Waals surface area contributed by atoms with Gasteiger partial charge in [0.2, 0.25) is 0 Å². The molecule has 2 nitrogen and oxygen atoms in total. The highest BCUT2D eigenvalue weighted by Gasteiger charge is 2.07. The lowest BCUT2D eigenvalue weighted by Crippen LogP contribution is -2.29. The lowest BCUT2D eigenvalue weighted by atomic mass is 10.1. The number of nitrogen functional groups attached to an aromatic ring is 1. The molecule has 1 aliphatic heterocycles. The summed E-state index contributed by atoms with van der Waals surface area (Å²) in [4.78, 5) is 2.51. The van der Waals surface area contributed by atoms with E-state index in [0.29, 0.717) is 0 Å². The van der Waals surface area contributed by atoms with Crippen molar-refractivity contribution in [3.05, 3.63) is 35.9 Å². The van der Waals surface area contributed by atoms with E-state index in [0.717, 1.165) is 12.2 Å². The molecule has 2 heteroatoms. The highest BCUT2D eigenvalue weighted by molar-refractivity contribution is 5.53. The number of anilines is 1. The van der Waals surface area contributed by atoms with E-state index < -0.39 is 0 Å². The van der Waals surface area contributed by atoms with Crippen LogP contribution in [0.25, 0.3) is 6.08 Å². The van der Waals surface area contributed by atoms with Gasteiger partial charge in [-0.2, -0.15) is 0 Å². The molecule has 86 valence electrons. The molecule has 1 fully saturated rings. The van der Waals surface area contributed by atoms with Crippen LogP contribution in [-0.4, -0.2) is 24.5 Å². The van der Waals surface area contributed by atoms with E-state index in [4.69, 9.17) is 5.73 Å². The molecule has 0 atom stereocenters. The fourth-order valence-electron chi connectivity index (χ4n) is 2.09. The smallest absolute Gasteiger partial charge is 0.0314 e. The Morgan fingerprint density at radius 3 is 2.44 bits per heavy atom. The van der Waals surface area contributed by atoms with Gasteiger partial charge in [0.25, 0.3) is 0 Å². The largest absolute Gasteiger partial charge is 0.399 e. The molecular formula is C14H20N2. The highest BCUT2D eigenvalue weighted by atomic mass is 15.1. The van der Waals surface area contributed by atoms with Crippen molar-refractivity contribution in [2.75, 3.05) is 25.4 Å². The van der Waals surface area contributed by atoms with Gasteiger partial charge >= 0.3 is 0 Å². The number of benzene rings is 1. The van der Waals surface area contributed by atoms with Gasteiger partial charge < -0.3 is 5.73 Å². The van der Waals surface area contributed by atoms with Gasteiger partial charge in [-0.05, 0) is 43.6 Å². The minimum Gasteiger partial charge on any atom is -0.399 e. The molecule has 2 rings (SSSR count). The third-order valence-corrected chi connectivity index (χ3v) is 3.06. The average Bonchev–Trinajstić information content (AvgIpc) is 2.33. The van der Waals surface area contributed by atoms with Crippen LogP contribution < -0.4 is 5.73 Å². The lowest BCUT2D eigenvalue weighted by Gasteiger charge is -2.24. The van der Waals surface area contributed by atoms with Gasteiger partial charge in [0.05, 0.1) is 0 Å². The second-order valence-electron chi connectivity index (χ2n) is 4.43. The molecular weight excluding hydrogens is 196 g/mol. The van der Waals surface area contributed by atoms with Gasteiger partial charge in [0, 0.05) is 12.2 Å². The van der Waals surface area contributed by atoms with Crippen molar-refractivity contribution in [2.24, 2.45) is 0 Å². The molecule has 0 amide bonds. The molecule has 1 aliphatic rings. The first kappa shape index (κ1) is 11.2. The minimum atomic E-state index is 0.827. The Labute approximate surface area is 97.8 Å². The van der Waals surface area contributed by atoms with Crippen LogP contribution in [0.15, 0.2) is 30.3 Å². The van der Waals surface area contributed by atoms with E-state index in [-0.39, 0.29) is 0 Å². The number of nitrogens with zero attached hydrogens (tertiary/aromatic N) is 1. The molecule has 16 heavy (non-hydrogen) atoms. The second kappa shape index (κ2) is 5.71. The molecule has 0 saturated carbocycles. The summed E-state index contributed by atoms with van der Waals surface area (Å²) in [5.41, 5.74) is 7.69. The molecule has 0 unspecified atom stereocenters. The maximum atomic E-state index is 5.64. The summed E-state index contributed by atoms with van der Waals surface area (Å²) in [6, 6.07) is 8.01. The van der Waals surface area contributed by atoms with Crippen molar-refractivity contribution in [1.29, 1.82) is 0 Å². The number of hydrogen-bond acceptors (Lipinski definition) is 2. The summed E-state index contributed by atoms with van der Waals surface area (Å²) in [5.74, 6) is 0. The third kappa shape index (κ3) is 3.38. The Hall–Kier alpha value is -1.28. The molecule has 2 N–H and O–H groups in total. The number of rotatable bonds is 3. The van der Waals surface area contributed by atoms with E-state index in [1.165, 1.54) is 37.9 Å². The number of nitrogens with two attached hydrogens (primary N) is 1. The fraction of sp³-hybridized carbons (Fsp3) is 0.429. The summed E-state index contributed by atoms with van der Waals surface area (Å²) >= 11 is 0. The Bertz CT molecular complexity index is 334. The maximum Gasteiger partial charge on any atom is 0.0314 e. The molecule has 0 aromatic heterocycles. The topological polar surface area (TPSA) is 29.3 Å². The van der Waals surface area contributed by atoms with Gasteiger partial charge in [-0.1, -0.05) is 30.7 Å². The van der Waals surface area contributed by atoms with Crippen LogP contribution in [-0.2, 0) is 0 Å². The normalized spacial score (nSPS) is 18.0. The standard InChI is InChI=1S/C14H20N2/c15-14-8-6-13(7-9-14)5-4-12-16-10-2-1-3-11-16/h4-9H,1-3,10-12,15H2/b5-4+. The van der Waals surface area contributed by atoms with E-state index in [1.807, 2.05) is 12.1 Å². The minimum absolute atomic E-state index is 0.827. The first-order valence-electron chi connectivity index (χ1n) is 6.09. The summed E-state index contributed by atoms with van der Waals surface area (Å²) in [7, 11) is 0. The van der Waals surface area contributed by atoms with Crippen LogP contribution in [0.1, 0.15) is 24.8 Å². The van der Waals surface area contributed by atoms with Crippen LogP contribution in [0, 0.1) is 0 Å². The monoisotopic (exact) mass is 216 g/mol. The van der Waals surface area contributed by atoms with E-state index in [1.54, 1.807) is 0 Å². The van der Waals surface area contributed by atoms with Crippen molar-refractivity contribution in [2.45, 2.75) is 19.3 Å². The highest BCUT2D eigenvalue weighted by Crippen LogP contribution is 2.10. The Balaban J connectivity index is 1.82. The fourth-order valence-corrected chi connectivity index (χ4v) is 2.09. The number of hydrogen-bond donors (Lipinski definition) is 1. The summed E-state index contributed by atoms with van der Waals surface area (Å²) < 4.78 is 0. The maximum absolute atomic E-state index is 5.64. The van der Waals surface area contributed by atoms with E-state index >= 15 is 0 Å². The molecule has 0 bridgehead atoms. The SMILES string of the molecule is Nc1ccc(/C=C/CN2CCCCC2)cc1. The predicted molar refractivity (Wildman–Crippen MR) is 70.2 cm³/mol. The molecule has 0 spiro atoms. The molecule has 0 aliphatic carbocycles. The van der Waals surface area contributed by atoms with Crippen molar-refractivity contribution >= 4 is 11.8 Å². The molecule has 0 radical (unpaired) electrons. The summed E-state index contributed by atoms with van der Waals surface area (Å²) in [6.07, 6.45) is 8.54. The van der Waals surface area contributed by atoms with Crippen molar-refractivity contribution in [3.8, 4) is 0 Å². The predicted octanol–water partition coefficient (Wildman–Crippen LogP) is 2.77. The van der Waals surface area contributed by atoms with Gasteiger partial charge in [0.1, 0.15) is 0 Å². The lowest BCUT2D eigenvalue weighted by molar-refractivity contribution is 0.252. The van der Waals surface area contributed by atoms with Gasteiger partial charge in [-0.3, -0.25) is 4.90 Å². The Morgan fingerprint density at radius 2 is 1.75 bits per heavy atom. The van der Waals surface area contributed by atoms with Crippen molar-refractivity contribution in [1.82, 2.24) is 4.90 Å². The molecule has 1 aromatic carbocycles. The van der Waals surface area contributed by atoms with Gasteiger partial charge in [0.15, 0.2) is 0 Å². The number of likely N-dealkylation sites (tertiary alicyclic amines) is 1. The molecule has 1 saturated heterocycles. The Morgan fingerprint density at radius 1 is 1.06 bits per heavy atom. The van der Waals surface area contributed by atoms with Crippen LogP contribution in [0.5, 0.6) is 0 Å². The summed E-state index contributed by atoms with van der Waals surface area (Å²) in [6.45, 7) is 3.59. The van der Waals surface area contributed by atoms with Crippen LogP contribution in [0.3, 0.4) is 0 Å². The van der Waals surface area contributed by atoms with Crippen LogP contribution in [0.4, 0.5) is 5.69 Å². The van der Waals surface area contributed by atoms with Crippen molar-refractivity contribution < 1.29 is 0 Å². The second-order valence-corrected chi connectivity index (χ2v) is 4.43. The zero-order valence-electron chi connectivity index (χ0n) is 9.73. The molecule has 1 aromatic rings. The first-order valence-corrected chi connectivity index (χ1v) is 6.09. The summed E-state index contributed by atoms with van der Waals surface area (Å²) in [5, 5.41) is 0. The Kier molecular flexibility index (Phi) is 4.00. The van der Waals surface area contributed by atoms with Crippen LogP contribution in [0.2, 0.25) is 0 Å². The third-order valence-electron chi connectivity index (χ3n) is 3.06. The quantitative estimate of drug-likeness (QED) is 0.787. The zero-order valence-corrected chi connectivity index (χ0v) is 9.73. The van der Waals surface area contributed by atoms with Crippen LogP contribution >= 0.6 is 0 Å². The zero-order chi connectivity index (χ0) is 11.2. The molecule has 1 heterocycles. The van der Waals surface area contributed by atoms with E-state index in [2.05, 4.69) is 29.2 Å². The van der Waals surface area contributed by atoms with E-state index in [9.17, 15) is 0 Å². The van der Waals surface area contributed by atoms with Gasteiger partial charge in [-0.25, -0.2) is 0 Å². The number of piperidine rings is 1. The average molecular weight is 216 g/mol. The first-order chi connectivity index (χ1) is 7.84.